The average molecular weight is 400 g/mol. The van der Waals surface area contributed by atoms with Crippen molar-refractivity contribution in [2.45, 2.75) is 20.3 Å². The van der Waals surface area contributed by atoms with Crippen molar-refractivity contribution >= 4 is 28.5 Å². The van der Waals surface area contributed by atoms with Crippen LogP contribution in [0.15, 0.2) is 41.4 Å². The van der Waals surface area contributed by atoms with Crippen molar-refractivity contribution in [1.29, 1.82) is 0 Å². The van der Waals surface area contributed by atoms with Gasteiger partial charge >= 0.3 is 0 Å². The predicted molar refractivity (Wildman–Crippen MR) is 114 cm³/mol. The van der Waals surface area contributed by atoms with Gasteiger partial charge < -0.3 is 20.3 Å². The fraction of sp³-hybridized carbons (Fsp3) is 0.318. The van der Waals surface area contributed by atoms with E-state index in [1.165, 1.54) is 24.4 Å². The highest BCUT2D eigenvalue weighted by Gasteiger charge is 2.10. The lowest BCUT2D eigenvalue weighted by atomic mass is 10.2. The van der Waals surface area contributed by atoms with Crippen LogP contribution in [0, 0.1) is 11.6 Å². The maximum Gasteiger partial charge on any atom is 0.198 e. The average Bonchev–Trinajstić information content (AvgIpc) is 3.02. The molecule has 0 unspecified atom stereocenters. The molecule has 1 heterocycles. The molecule has 154 valence electrons. The van der Waals surface area contributed by atoms with Crippen LogP contribution in [0.2, 0.25) is 0 Å². The summed E-state index contributed by atoms with van der Waals surface area (Å²) < 4.78 is 27.9. The third kappa shape index (κ3) is 5.12. The number of hydrogen-bond acceptors (Lipinski definition) is 4. The first-order valence-corrected chi connectivity index (χ1v) is 9.81. The van der Waals surface area contributed by atoms with Gasteiger partial charge in [-0.3, -0.25) is 4.99 Å². The summed E-state index contributed by atoms with van der Waals surface area (Å²) in [5, 5.41) is 13.7. The zero-order chi connectivity index (χ0) is 20.8. The van der Waals surface area contributed by atoms with Crippen molar-refractivity contribution in [3.8, 4) is 5.88 Å². The van der Waals surface area contributed by atoms with E-state index in [4.69, 9.17) is 0 Å². The largest absolute Gasteiger partial charge is 0.494 e. The molecule has 0 amide bonds. The zero-order valence-electron chi connectivity index (χ0n) is 16.7. The number of halogens is 2. The lowest BCUT2D eigenvalue weighted by Gasteiger charge is -2.18. The first-order chi connectivity index (χ1) is 14.0. The molecule has 0 bridgehead atoms. The van der Waals surface area contributed by atoms with Gasteiger partial charge in [-0.2, -0.15) is 0 Å². The van der Waals surface area contributed by atoms with E-state index >= 15 is 0 Å². The molecule has 0 aliphatic rings. The van der Waals surface area contributed by atoms with E-state index in [-0.39, 0.29) is 5.88 Å². The highest BCUT2D eigenvalue weighted by Crippen LogP contribution is 2.27. The third-order valence-electron chi connectivity index (χ3n) is 4.94. The molecule has 0 aliphatic heterocycles. The molecule has 29 heavy (non-hydrogen) atoms. The van der Waals surface area contributed by atoms with Gasteiger partial charge in [0.2, 0.25) is 0 Å². The van der Waals surface area contributed by atoms with Crippen LogP contribution in [0.25, 0.3) is 10.9 Å². The second kappa shape index (κ2) is 9.52. The molecule has 0 saturated carbocycles. The second-order valence-corrected chi connectivity index (χ2v) is 6.81. The summed E-state index contributed by atoms with van der Waals surface area (Å²) in [6.07, 6.45) is 2.33. The standard InChI is InChI=1S/C22H26F2N4O/c1-3-28(4-2)11-5-10-25-21-9-7-16(13-19(21)24)26-14-18-17-12-15(23)6-8-20(17)27-22(18)29/h6-9,12-14,25,27,29H,3-5,10-11H2,1-2H3. The lowest BCUT2D eigenvalue weighted by Crippen LogP contribution is -2.25. The molecule has 5 nitrogen and oxygen atoms in total. The quantitative estimate of drug-likeness (QED) is 0.348. The number of benzene rings is 2. The smallest absolute Gasteiger partial charge is 0.198 e. The Bertz CT molecular complexity index is 996. The van der Waals surface area contributed by atoms with Crippen LogP contribution in [0.4, 0.5) is 20.2 Å². The molecule has 0 spiro atoms. The van der Waals surface area contributed by atoms with Crippen LogP contribution in [0.5, 0.6) is 5.88 Å². The Morgan fingerprint density at radius 3 is 2.66 bits per heavy atom. The minimum atomic E-state index is -0.409. The number of anilines is 1. The Kier molecular flexibility index (Phi) is 6.82. The fourth-order valence-electron chi connectivity index (χ4n) is 3.23. The molecule has 0 radical (unpaired) electrons. The molecule has 3 rings (SSSR count). The Balaban J connectivity index is 1.66. The SMILES string of the molecule is CCN(CC)CCCNc1ccc(N=Cc2c(O)[nH]c3ccc(F)cc23)cc1F. The van der Waals surface area contributed by atoms with Crippen LogP contribution in [0.1, 0.15) is 25.8 Å². The van der Waals surface area contributed by atoms with E-state index in [1.54, 1.807) is 18.2 Å². The van der Waals surface area contributed by atoms with Gasteiger partial charge in [0.25, 0.3) is 0 Å². The number of aromatic nitrogens is 1. The van der Waals surface area contributed by atoms with Gasteiger partial charge in [0.1, 0.15) is 11.6 Å². The van der Waals surface area contributed by atoms with Crippen molar-refractivity contribution in [2.75, 3.05) is 31.5 Å². The van der Waals surface area contributed by atoms with Crippen molar-refractivity contribution in [3.63, 3.8) is 0 Å². The first kappa shape index (κ1) is 20.8. The summed E-state index contributed by atoms with van der Waals surface area (Å²) in [7, 11) is 0. The lowest BCUT2D eigenvalue weighted by molar-refractivity contribution is 0.303. The molecule has 0 saturated heterocycles. The molecule has 1 aromatic heterocycles. The van der Waals surface area contributed by atoms with Gasteiger partial charge in [0.15, 0.2) is 5.88 Å². The number of H-pyrrole nitrogens is 1. The summed E-state index contributed by atoms with van der Waals surface area (Å²) in [4.78, 5) is 9.32. The highest BCUT2D eigenvalue weighted by molar-refractivity contribution is 6.02. The van der Waals surface area contributed by atoms with Gasteiger partial charge in [0, 0.05) is 29.7 Å². The normalized spacial score (nSPS) is 11.8. The molecular weight excluding hydrogens is 374 g/mol. The van der Waals surface area contributed by atoms with Crippen LogP contribution < -0.4 is 5.32 Å². The fourth-order valence-corrected chi connectivity index (χ4v) is 3.23. The molecule has 2 aromatic carbocycles. The van der Waals surface area contributed by atoms with Crippen molar-refractivity contribution in [3.05, 3.63) is 53.6 Å². The van der Waals surface area contributed by atoms with Crippen molar-refractivity contribution < 1.29 is 13.9 Å². The molecule has 7 heteroatoms. The summed E-state index contributed by atoms with van der Waals surface area (Å²) >= 11 is 0. The Morgan fingerprint density at radius 1 is 1.14 bits per heavy atom. The van der Waals surface area contributed by atoms with Gasteiger partial charge in [-0.25, -0.2) is 8.78 Å². The molecule has 0 aliphatic carbocycles. The molecular formula is C22H26F2N4O. The number of aromatic amines is 1. The van der Waals surface area contributed by atoms with Gasteiger partial charge in [-0.15, -0.1) is 0 Å². The topological polar surface area (TPSA) is 63.6 Å². The van der Waals surface area contributed by atoms with Crippen molar-refractivity contribution in [2.24, 2.45) is 4.99 Å². The maximum absolute atomic E-state index is 14.4. The molecule has 3 N–H and O–H groups in total. The first-order valence-electron chi connectivity index (χ1n) is 9.81. The number of fused-ring (bicyclic) bond motifs is 1. The summed E-state index contributed by atoms with van der Waals surface area (Å²) in [6.45, 7) is 7.93. The van der Waals surface area contributed by atoms with Crippen LogP contribution in [-0.2, 0) is 0 Å². The highest BCUT2D eigenvalue weighted by atomic mass is 19.1. The van der Waals surface area contributed by atoms with Gasteiger partial charge in [-0.05, 0) is 56.4 Å². The Labute approximate surface area is 169 Å². The van der Waals surface area contributed by atoms with E-state index in [0.717, 1.165) is 26.1 Å². The van der Waals surface area contributed by atoms with Crippen molar-refractivity contribution in [1.82, 2.24) is 9.88 Å². The number of rotatable bonds is 9. The van der Waals surface area contributed by atoms with Crippen LogP contribution in [-0.4, -0.2) is 47.4 Å². The second-order valence-electron chi connectivity index (χ2n) is 6.81. The summed E-state index contributed by atoms with van der Waals surface area (Å²) in [5.74, 6) is -0.911. The molecule has 3 aromatic rings. The van der Waals surface area contributed by atoms with Crippen LogP contribution in [0.3, 0.4) is 0 Å². The number of hydrogen-bond donors (Lipinski definition) is 3. The molecule has 0 fully saturated rings. The zero-order valence-corrected chi connectivity index (χ0v) is 16.7. The maximum atomic E-state index is 14.4. The van der Waals surface area contributed by atoms with E-state index < -0.39 is 11.6 Å². The predicted octanol–water partition coefficient (Wildman–Crippen LogP) is 5.05. The minimum Gasteiger partial charge on any atom is -0.494 e. The van der Waals surface area contributed by atoms with Crippen LogP contribution >= 0.6 is 0 Å². The monoisotopic (exact) mass is 400 g/mol. The number of aliphatic imine (C=N–C) groups is 1. The van der Waals surface area contributed by atoms with Gasteiger partial charge in [-0.1, -0.05) is 13.8 Å². The number of aromatic hydroxyl groups is 1. The molecule has 0 atom stereocenters. The number of nitrogens with one attached hydrogen (secondary N) is 2. The van der Waals surface area contributed by atoms with Gasteiger partial charge in [0.05, 0.1) is 16.9 Å². The third-order valence-corrected chi connectivity index (χ3v) is 4.94. The summed E-state index contributed by atoms with van der Waals surface area (Å²) in [5.41, 5.74) is 1.79. The number of nitrogens with zero attached hydrogens (tertiary/aromatic N) is 2. The summed E-state index contributed by atoms with van der Waals surface area (Å²) in [6, 6.07) is 8.84. The van der Waals surface area contributed by atoms with E-state index in [1.807, 2.05) is 0 Å². The Morgan fingerprint density at radius 2 is 1.93 bits per heavy atom. The van der Waals surface area contributed by atoms with E-state index in [2.05, 4.69) is 34.0 Å². The Hall–Kier alpha value is -2.93. The van der Waals surface area contributed by atoms with E-state index in [9.17, 15) is 13.9 Å². The van der Waals surface area contributed by atoms with E-state index in [0.29, 0.717) is 34.4 Å². The minimum absolute atomic E-state index is 0.110.